The van der Waals surface area contributed by atoms with Crippen LogP contribution in [0.3, 0.4) is 0 Å². The number of amides is 1. The van der Waals surface area contributed by atoms with Crippen molar-refractivity contribution in [3.8, 4) is 11.5 Å². The Hall–Kier alpha value is -3.84. The highest BCUT2D eigenvalue weighted by molar-refractivity contribution is 6.51. The van der Waals surface area contributed by atoms with Gasteiger partial charge < -0.3 is 14.6 Å². The molecule has 1 amide bonds. The van der Waals surface area contributed by atoms with Crippen LogP contribution in [0.15, 0.2) is 72.6 Å². The van der Waals surface area contributed by atoms with E-state index in [1.165, 1.54) is 11.0 Å². The number of Topliss-reactive ketones (excluding diaryl/α,β-unsaturated/α-hetero) is 1. The number of nitrogens with zero attached hydrogens (tertiary/aromatic N) is 2. The molecule has 8 heteroatoms. The van der Waals surface area contributed by atoms with E-state index < -0.39 is 17.7 Å². The van der Waals surface area contributed by atoms with Crippen molar-refractivity contribution in [2.24, 2.45) is 0 Å². The molecule has 1 N–H and O–H groups in total. The number of fused-ring (bicyclic) bond motifs is 1. The van der Waals surface area contributed by atoms with Crippen LogP contribution in [-0.2, 0) is 9.59 Å². The summed E-state index contributed by atoms with van der Waals surface area (Å²) in [4.78, 5) is 31.7. The van der Waals surface area contributed by atoms with E-state index in [0.29, 0.717) is 33.3 Å². The molecule has 154 valence electrons. The minimum absolute atomic E-state index is 0.0436. The molecule has 3 heterocycles. The summed E-state index contributed by atoms with van der Waals surface area (Å²) in [7, 11) is 0. The lowest BCUT2D eigenvalue weighted by molar-refractivity contribution is -0.132. The van der Waals surface area contributed by atoms with Gasteiger partial charge >= 0.3 is 0 Å². The van der Waals surface area contributed by atoms with Gasteiger partial charge in [0.2, 0.25) is 6.79 Å². The number of rotatable bonds is 3. The first-order chi connectivity index (χ1) is 15.0. The average molecular weight is 435 g/mol. The van der Waals surface area contributed by atoms with Crippen molar-refractivity contribution in [3.05, 3.63) is 88.7 Å². The van der Waals surface area contributed by atoms with Crippen LogP contribution in [-0.4, -0.2) is 28.6 Å². The summed E-state index contributed by atoms with van der Waals surface area (Å²) in [6, 6.07) is 14.0. The number of hydrogen-bond donors (Lipinski definition) is 1. The fourth-order valence-electron chi connectivity index (χ4n) is 3.78. The lowest BCUT2D eigenvalue weighted by Crippen LogP contribution is -2.29. The largest absolute Gasteiger partial charge is 0.507 e. The SMILES string of the molecule is O=C1C(=O)N(c2ccc3c(c2)OCO3)C(c2cccnc2)/C1=C(\O)c1cccc(Cl)c1. The van der Waals surface area contributed by atoms with Crippen LogP contribution in [0.5, 0.6) is 11.5 Å². The summed E-state index contributed by atoms with van der Waals surface area (Å²) >= 11 is 6.06. The third kappa shape index (κ3) is 3.19. The Morgan fingerprint density at radius 2 is 1.90 bits per heavy atom. The smallest absolute Gasteiger partial charge is 0.300 e. The molecule has 1 aromatic heterocycles. The van der Waals surface area contributed by atoms with Gasteiger partial charge in [-0.2, -0.15) is 0 Å². The number of carbonyl (C=O) groups excluding carboxylic acids is 2. The van der Waals surface area contributed by atoms with E-state index in [1.807, 2.05) is 0 Å². The highest BCUT2D eigenvalue weighted by Crippen LogP contribution is 2.44. The molecule has 0 spiro atoms. The number of aliphatic hydroxyl groups excluding tert-OH is 1. The third-order valence-corrected chi connectivity index (χ3v) is 5.41. The van der Waals surface area contributed by atoms with Gasteiger partial charge in [0, 0.05) is 34.7 Å². The molecule has 31 heavy (non-hydrogen) atoms. The quantitative estimate of drug-likeness (QED) is 0.379. The third-order valence-electron chi connectivity index (χ3n) is 5.18. The first-order valence-electron chi connectivity index (χ1n) is 9.41. The number of aromatic nitrogens is 1. The predicted octanol–water partition coefficient (Wildman–Crippen LogP) is 4.09. The second-order valence-corrected chi connectivity index (χ2v) is 7.44. The molecular weight excluding hydrogens is 420 g/mol. The minimum Gasteiger partial charge on any atom is -0.507 e. The van der Waals surface area contributed by atoms with Gasteiger partial charge in [-0.05, 0) is 35.9 Å². The summed E-state index contributed by atoms with van der Waals surface area (Å²) in [6.07, 6.45) is 3.15. The fourth-order valence-corrected chi connectivity index (χ4v) is 3.97. The second-order valence-electron chi connectivity index (χ2n) is 7.00. The maximum Gasteiger partial charge on any atom is 0.300 e. The van der Waals surface area contributed by atoms with Crippen LogP contribution < -0.4 is 14.4 Å². The number of halogens is 1. The zero-order valence-electron chi connectivity index (χ0n) is 16.0. The van der Waals surface area contributed by atoms with Crippen molar-refractivity contribution in [3.63, 3.8) is 0 Å². The maximum atomic E-state index is 13.1. The lowest BCUT2D eigenvalue weighted by atomic mass is 9.96. The molecule has 0 saturated carbocycles. The van der Waals surface area contributed by atoms with E-state index >= 15 is 0 Å². The van der Waals surface area contributed by atoms with Gasteiger partial charge in [0.1, 0.15) is 5.76 Å². The van der Waals surface area contributed by atoms with Crippen molar-refractivity contribution in [2.45, 2.75) is 6.04 Å². The van der Waals surface area contributed by atoms with Crippen LogP contribution in [0.25, 0.3) is 5.76 Å². The molecule has 7 nitrogen and oxygen atoms in total. The van der Waals surface area contributed by atoms with E-state index in [9.17, 15) is 14.7 Å². The molecule has 5 rings (SSSR count). The van der Waals surface area contributed by atoms with Crippen LogP contribution >= 0.6 is 11.6 Å². The van der Waals surface area contributed by atoms with Gasteiger partial charge in [-0.25, -0.2) is 0 Å². The number of anilines is 1. The van der Waals surface area contributed by atoms with Gasteiger partial charge in [-0.15, -0.1) is 0 Å². The number of ether oxygens (including phenoxy) is 2. The Morgan fingerprint density at radius 3 is 2.68 bits per heavy atom. The highest BCUT2D eigenvalue weighted by atomic mass is 35.5. The Bertz CT molecular complexity index is 1240. The Labute approximate surface area is 182 Å². The Kier molecular flexibility index (Phi) is 4.60. The Morgan fingerprint density at radius 1 is 1.06 bits per heavy atom. The van der Waals surface area contributed by atoms with Gasteiger partial charge in [0.25, 0.3) is 11.7 Å². The summed E-state index contributed by atoms with van der Waals surface area (Å²) in [5.74, 6) is -0.852. The monoisotopic (exact) mass is 434 g/mol. The second kappa shape index (κ2) is 7.45. The zero-order valence-corrected chi connectivity index (χ0v) is 16.7. The van der Waals surface area contributed by atoms with Gasteiger partial charge in [0.15, 0.2) is 11.5 Å². The van der Waals surface area contributed by atoms with Crippen molar-refractivity contribution in [1.29, 1.82) is 0 Å². The standard InChI is InChI=1S/C23H15ClN2O5/c24-15-5-1-3-13(9-15)21(27)19-20(14-4-2-8-25-11-14)26(23(29)22(19)28)16-6-7-17-18(10-16)31-12-30-17/h1-11,20,27H,12H2/b21-19+. The Balaban J connectivity index is 1.71. The average Bonchev–Trinajstić information content (AvgIpc) is 3.36. The van der Waals surface area contributed by atoms with E-state index in [2.05, 4.69) is 4.98 Å². The predicted molar refractivity (Wildman–Crippen MR) is 113 cm³/mol. The highest BCUT2D eigenvalue weighted by Gasteiger charge is 2.47. The van der Waals surface area contributed by atoms with E-state index in [4.69, 9.17) is 21.1 Å². The van der Waals surface area contributed by atoms with Crippen molar-refractivity contribution >= 4 is 34.7 Å². The molecule has 2 aliphatic heterocycles. The molecule has 0 bridgehead atoms. The first-order valence-corrected chi connectivity index (χ1v) is 9.79. The molecule has 0 radical (unpaired) electrons. The molecule has 1 atom stereocenters. The topological polar surface area (TPSA) is 89.0 Å². The van der Waals surface area contributed by atoms with Crippen molar-refractivity contribution < 1.29 is 24.2 Å². The maximum absolute atomic E-state index is 13.1. The van der Waals surface area contributed by atoms with Crippen LogP contribution in [0, 0.1) is 0 Å². The molecule has 1 saturated heterocycles. The molecule has 3 aromatic rings. The molecule has 0 aliphatic carbocycles. The van der Waals surface area contributed by atoms with Crippen LogP contribution in [0.2, 0.25) is 5.02 Å². The molecule has 2 aliphatic rings. The van der Waals surface area contributed by atoms with Gasteiger partial charge in [-0.1, -0.05) is 29.8 Å². The van der Waals surface area contributed by atoms with E-state index in [1.54, 1.807) is 60.9 Å². The molecule has 2 aromatic carbocycles. The first kappa shape index (κ1) is 19.1. The zero-order chi connectivity index (χ0) is 21.5. The van der Waals surface area contributed by atoms with E-state index in [0.717, 1.165) is 0 Å². The van der Waals surface area contributed by atoms with Crippen LogP contribution in [0.4, 0.5) is 5.69 Å². The molecule has 1 fully saturated rings. The normalized spacial score (nSPS) is 19.1. The lowest BCUT2D eigenvalue weighted by Gasteiger charge is -2.25. The van der Waals surface area contributed by atoms with Crippen molar-refractivity contribution in [2.75, 3.05) is 11.7 Å². The van der Waals surface area contributed by atoms with E-state index in [-0.39, 0.29) is 18.1 Å². The number of benzene rings is 2. The minimum atomic E-state index is -0.881. The number of pyridine rings is 1. The van der Waals surface area contributed by atoms with Crippen molar-refractivity contribution in [1.82, 2.24) is 4.98 Å². The summed E-state index contributed by atoms with van der Waals surface area (Å²) in [5.41, 5.74) is 1.30. The number of carbonyl (C=O) groups is 2. The fraction of sp³-hybridized carbons (Fsp3) is 0.0870. The number of aliphatic hydroxyl groups is 1. The van der Waals surface area contributed by atoms with Gasteiger partial charge in [0.05, 0.1) is 11.6 Å². The summed E-state index contributed by atoms with van der Waals surface area (Å²) < 4.78 is 10.8. The number of hydrogen-bond acceptors (Lipinski definition) is 6. The van der Waals surface area contributed by atoms with Gasteiger partial charge in [-0.3, -0.25) is 19.5 Å². The summed E-state index contributed by atoms with van der Waals surface area (Å²) in [5, 5.41) is 11.4. The molecular formula is C23H15ClN2O5. The summed E-state index contributed by atoms with van der Waals surface area (Å²) in [6.45, 7) is 0.0818. The van der Waals surface area contributed by atoms with Crippen LogP contribution in [0.1, 0.15) is 17.2 Å². The molecule has 1 unspecified atom stereocenters. The number of ketones is 1.